The van der Waals surface area contributed by atoms with Crippen LogP contribution in [0.1, 0.15) is 51.2 Å². The summed E-state index contributed by atoms with van der Waals surface area (Å²) in [7, 11) is 1.81. The molecule has 3 rings (SSSR count). The maximum Gasteiger partial charge on any atom is 0.225 e. The third-order valence-corrected chi connectivity index (χ3v) is 6.26. The molecule has 2 atom stereocenters. The number of nitrogens with one attached hydrogen (secondary N) is 2. The third-order valence-electron chi connectivity index (χ3n) is 6.26. The fourth-order valence-corrected chi connectivity index (χ4v) is 4.57. The van der Waals surface area contributed by atoms with Crippen LogP contribution in [0.4, 0.5) is 0 Å². The molecule has 0 aromatic heterocycles. The minimum Gasteiger partial charge on any atom is -0.352 e. The van der Waals surface area contributed by atoms with Gasteiger partial charge in [0.15, 0.2) is 5.96 Å². The number of carbonyl (C=O) groups is 1. The van der Waals surface area contributed by atoms with Crippen molar-refractivity contribution in [3.05, 3.63) is 35.4 Å². The Morgan fingerprint density at radius 1 is 1.16 bits per heavy atom. The standard InChI is InChI=1S/C24H39N5O.HI/c1-18(2)23(30)29-13-11-22(17-29)27-24(25-4)26-14-20-9-5-6-10-21(20)16-28-12-7-8-19(3)15-28;/h5-6,9-10,18-19,22H,7-8,11-17H2,1-4H3,(H2,25,26,27);1H. The number of rotatable bonds is 6. The highest BCUT2D eigenvalue weighted by Crippen LogP contribution is 2.19. The lowest BCUT2D eigenvalue weighted by Gasteiger charge is -2.31. The topological polar surface area (TPSA) is 60.0 Å². The van der Waals surface area contributed by atoms with Gasteiger partial charge in [0.1, 0.15) is 0 Å². The zero-order valence-corrected chi connectivity index (χ0v) is 21.9. The van der Waals surface area contributed by atoms with Crippen molar-refractivity contribution >= 4 is 35.8 Å². The van der Waals surface area contributed by atoms with Crippen LogP contribution >= 0.6 is 24.0 Å². The minimum atomic E-state index is 0. The summed E-state index contributed by atoms with van der Waals surface area (Å²) in [6.07, 6.45) is 3.61. The minimum absolute atomic E-state index is 0. The number of piperidine rings is 1. The lowest BCUT2D eigenvalue weighted by Crippen LogP contribution is -2.45. The molecule has 1 aromatic rings. The van der Waals surface area contributed by atoms with Crippen molar-refractivity contribution in [1.29, 1.82) is 0 Å². The Morgan fingerprint density at radius 3 is 2.58 bits per heavy atom. The quantitative estimate of drug-likeness (QED) is 0.329. The molecule has 2 N–H and O–H groups in total. The van der Waals surface area contributed by atoms with Crippen LogP contribution in [-0.4, -0.2) is 60.9 Å². The predicted molar refractivity (Wildman–Crippen MR) is 139 cm³/mol. The van der Waals surface area contributed by atoms with Crippen LogP contribution in [0.25, 0.3) is 0 Å². The van der Waals surface area contributed by atoms with Crippen LogP contribution in [0.5, 0.6) is 0 Å². The van der Waals surface area contributed by atoms with Gasteiger partial charge in [-0.2, -0.15) is 0 Å². The van der Waals surface area contributed by atoms with Crippen molar-refractivity contribution in [3.8, 4) is 0 Å². The molecular formula is C24H40IN5O. The molecule has 2 aliphatic rings. The van der Waals surface area contributed by atoms with E-state index in [1.165, 1.54) is 37.1 Å². The summed E-state index contributed by atoms with van der Waals surface area (Å²) >= 11 is 0. The molecule has 31 heavy (non-hydrogen) atoms. The summed E-state index contributed by atoms with van der Waals surface area (Å²) in [5, 5.41) is 6.98. The van der Waals surface area contributed by atoms with E-state index in [1.807, 2.05) is 25.8 Å². The predicted octanol–water partition coefficient (Wildman–Crippen LogP) is 3.46. The Kier molecular flexibility index (Phi) is 10.6. The van der Waals surface area contributed by atoms with Crippen LogP contribution in [0.3, 0.4) is 0 Å². The Hall–Kier alpha value is -1.35. The highest BCUT2D eigenvalue weighted by Gasteiger charge is 2.28. The van der Waals surface area contributed by atoms with Gasteiger partial charge in [-0.3, -0.25) is 14.7 Å². The van der Waals surface area contributed by atoms with Crippen molar-refractivity contribution in [2.75, 3.05) is 33.2 Å². The normalized spacial score (nSPS) is 22.4. The van der Waals surface area contributed by atoms with Crippen molar-refractivity contribution < 1.29 is 4.79 Å². The van der Waals surface area contributed by atoms with Gasteiger partial charge < -0.3 is 15.5 Å². The van der Waals surface area contributed by atoms with E-state index < -0.39 is 0 Å². The van der Waals surface area contributed by atoms with Crippen LogP contribution in [0.2, 0.25) is 0 Å². The largest absolute Gasteiger partial charge is 0.352 e. The molecule has 1 amide bonds. The first kappa shape index (κ1) is 25.9. The Morgan fingerprint density at radius 2 is 1.90 bits per heavy atom. The molecule has 0 saturated carbocycles. The van der Waals surface area contributed by atoms with Crippen LogP contribution in [0, 0.1) is 11.8 Å². The summed E-state index contributed by atoms with van der Waals surface area (Å²) < 4.78 is 0. The maximum absolute atomic E-state index is 12.2. The van der Waals surface area contributed by atoms with E-state index in [0.717, 1.165) is 44.5 Å². The number of aliphatic imine (C=N–C) groups is 1. The second-order valence-electron chi connectivity index (χ2n) is 9.25. The van der Waals surface area contributed by atoms with E-state index in [2.05, 4.69) is 51.7 Å². The fourth-order valence-electron chi connectivity index (χ4n) is 4.57. The highest BCUT2D eigenvalue weighted by atomic mass is 127. The molecule has 6 nitrogen and oxygen atoms in total. The van der Waals surface area contributed by atoms with Crippen molar-refractivity contribution in [2.45, 2.75) is 59.2 Å². The molecule has 0 aliphatic carbocycles. The first-order valence-corrected chi connectivity index (χ1v) is 11.5. The Labute approximate surface area is 205 Å². The van der Waals surface area contributed by atoms with Crippen molar-refractivity contribution in [1.82, 2.24) is 20.4 Å². The first-order valence-electron chi connectivity index (χ1n) is 11.5. The lowest BCUT2D eigenvalue weighted by atomic mass is 9.99. The third kappa shape index (κ3) is 7.63. The SMILES string of the molecule is CN=C(NCc1ccccc1CN1CCCC(C)C1)NC1CCN(C(=O)C(C)C)C1.I. The molecular weight excluding hydrogens is 501 g/mol. The average molecular weight is 542 g/mol. The summed E-state index contributed by atoms with van der Waals surface area (Å²) in [6.45, 7) is 12.0. The summed E-state index contributed by atoms with van der Waals surface area (Å²) in [6, 6.07) is 8.96. The average Bonchev–Trinajstić information content (AvgIpc) is 3.20. The van der Waals surface area contributed by atoms with Gasteiger partial charge in [0.2, 0.25) is 5.91 Å². The first-order chi connectivity index (χ1) is 14.5. The second kappa shape index (κ2) is 12.6. The molecule has 2 unspecified atom stereocenters. The molecule has 2 heterocycles. The maximum atomic E-state index is 12.2. The van der Waals surface area contributed by atoms with Crippen LogP contribution in [-0.2, 0) is 17.9 Å². The Balaban J connectivity index is 0.00000341. The number of halogens is 1. The van der Waals surface area contributed by atoms with E-state index in [4.69, 9.17) is 0 Å². The number of benzene rings is 1. The molecule has 0 bridgehead atoms. The molecule has 2 aliphatic heterocycles. The summed E-state index contributed by atoms with van der Waals surface area (Å²) in [4.78, 5) is 21.2. The number of hydrogen-bond acceptors (Lipinski definition) is 3. The van der Waals surface area contributed by atoms with E-state index in [9.17, 15) is 4.79 Å². The van der Waals surface area contributed by atoms with Gasteiger partial charge in [-0.15, -0.1) is 24.0 Å². The van der Waals surface area contributed by atoms with Gasteiger partial charge in [0.05, 0.1) is 0 Å². The molecule has 7 heteroatoms. The molecule has 0 spiro atoms. The van der Waals surface area contributed by atoms with Crippen LogP contribution < -0.4 is 10.6 Å². The van der Waals surface area contributed by atoms with Crippen LogP contribution in [0.15, 0.2) is 29.3 Å². The summed E-state index contributed by atoms with van der Waals surface area (Å²) in [5.41, 5.74) is 2.71. The smallest absolute Gasteiger partial charge is 0.225 e. The number of hydrogen-bond donors (Lipinski definition) is 2. The number of guanidine groups is 1. The monoisotopic (exact) mass is 541 g/mol. The molecule has 2 fully saturated rings. The van der Waals surface area contributed by atoms with E-state index in [0.29, 0.717) is 0 Å². The van der Waals surface area contributed by atoms with Gasteiger partial charge >= 0.3 is 0 Å². The number of nitrogens with zero attached hydrogens (tertiary/aromatic N) is 3. The zero-order chi connectivity index (χ0) is 21.5. The Bertz CT molecular complexity index is 738. The number of amides is 1. The van der Waals surface area contributed by atoms with Gasteiger partial charge in [0.25, 0.3) is 0 Å². The van der Waals surface area contributed by atoms with Gasteiger partial charge in [-0.25, -0.2) is 0 Å². The van der Waals surface area contributed by atoms with E-state index >= 15 is 0 Å². The highest BCUT2D eigenvalue weighted by molar-refractivity contribution is 14.0. The van der Waals surface area contributed by atoms with Gasteiger partial charge in [-0.05, 0) is 42.9 Å². The number of carbonyl (C=O) groups excluding carboxylic acids is 1. The molecule has 174 valence electrons. The number of likely N-dealkylation sites (tertiary alicyclic amines) is 2. The fraction of sp³-hybridized carbons (Fsp3) is 0.667. The zero-order valence-electron chi connectivity index (χ0n) is 19.6. The summed E-state index contributed by atoms with van der Waals surface area (Å²) in [5.74, 6) is 1.89. The molecule has 2 saturated heterocycles. The molecule has 0 radical (unpaired) electrons. The van der Waals surface area contributed by atoms with E-state index in [1.54, 1.807) is 0 Å². The van der Waals surface area contributed by atoms with Gasteiger partial charge in [0, 0.05) is 51.7 Å². The second-order valence-corrected chi connectivity index (χ2v) is 9.25. The van der Waals surface area contributed by atoms with Crippen molar-refractivity contribution in [2.24, 2.45) is 16.8 Å². The van der Waals surface area contributed by atoms with E-state index in [-0.39, 0.29) is 41.8 Å². The van der Waals surface area contributed by atoms with Gasteiger partial charge in [-0.1, -0.05) is 45.0 Å². The molecule has 1 aromatic carbocycles. The lowest BCUT2D eigenvalue weighted by molar-refractivity contribution is -0.133. The van der Waals surface area contributed by atoms with Crippen molar-refractivity contribution in [3.63, 3.8) is 0 Å².